The molecular formula is C18H20N6O3. The molecule has 9 heteroatoms. The molecule has 1 fully saturated rings. The van der Waals surface area contributed by atoms with Crippen molar-refractivity contribution < 1.29 is 9.32 Å². The Labute approximate surface area is 155 Å². The van der Waals surface area contributed by atoms with Gasteiger partial charge in [-0.1, -0.05) is 23.4 Å². The number of fused-ring (bicyclic) bond motifs is 1. The molecule has 0 spiro atoms. The summed E-state index contributed by atoms with van der Waals surface area (Å²) in [7, 11) is 0. The van der Waals surface area contributed by atoms with Crippen molar-refractivity contribution in [3.05, 3.63) is 52.5 Å². The molecular weight excluding hydrogens is 348 g/mol. The van der Waals surface area contributed by atoms with Crippen LogP contribution in [0.3, 0.4) is 0 Å². The van der Waals surface area contributed by atoms with E-state index < -0.39 is 0 Å². The monoisotopic (exact) mass is 368 g/mol. The van der Waals surface area contributed by atoms with Crippen molar-refractivity contribution in [1.82, 2.24) is 29.7 Å². The third kappa shape index (κ3) is 3.72. The molecule has 1 amide bonds. The van der Waals surface area contributed by atoms with Crippen LogP contribution in [0.4, 0.5) is 0 Å². The van der Waals surface area contributed by atoms with E-state index in [4.69, 9.17) is 4.52 Å². The Morgan fingerprint density at radius 1 is 1.19 bits per heavy atom. The smallest absolute Gasteiger partial charge is 0.275 e. The van der Waals surface area contributed by atoms with Crippen molar-refractivity contribution in [3.8, 4) is 0 Å². The number of hydrogen-bond donors (Lipinski definition) is 0. The van der Waals surface area contributed by atoms with Gasteiger partial charge in [-0.15, -0.1) is 0 Å². The Kier molecular flexibility index (Phi) is 4.68. The zero-order valence-corrected chi connectivity index (χ0v) is 15.0. The molecule has 9 nitrogen and oxygen atoms in total. The molecule has 140 valence electrons. The van der Waals surface area contributed by atoms with Crippen LogP contribution in [0.2, 0.25) is 0 Å². The van der Waals surface area contributed by atoms with Gasteiger partial charge in [0.15, 0.2) is 5.82 Å². The number of nitrogens with zero attached hydrogens (tertiary/aromatic N) is 6. The molecule has 1 aliphatic rings. The van der Waals surface area contributed by atoms with E-state index in [0.717, 1.165) is 18.5 Å². The highest BCUT2D eigenvalue weighted by Gasteiger charge is 2.23. The lowest BCUT2D eigenvalue weighted by molar-refractivity contribution is -0.133. The van der Waals surface area contributed by atoms with Gasteiger partial charge >= 0.3 is 0 Å². The molecule has 0 bridgehead atoms. The molecule has 0 aliphatic carbocycles. The fraction of sp³-hybridized carbons (Fsp3) is 0.389. The van der Waals surface area contributed by atoms with Crippen LogP contribution in [0.15, 0.2) is 39.8 Å². The maximum atomic E-state index is 12.6. The van der Waals surface area contributed by atoms with Crippen LogP contribution in [0, 0.1) is 6.92 Å². The van der Waals surface area contributed by atoms with E-state index in [9.17, 15) is 9.59 Å². The lowest BCUT2D eigenvalue weighted by Gasteiger charge is -2.34. The van der Waals surface area contributed by atoms with E-state index in [1.54, 1.807) is 30.2 Å². The average Bonchev–Trinajstić information content (AvgIpc) is 3.09. The molecule has 3 aromatic rings. The Hall–Kier alpha value is -3.07. The first-order valence-corrected chi connectivity index (χ1v) is 8.84. The summed E-state index contributed by atoms with van der Waals surface area (Å²) in [6, 6.07) is 7.24. The predicted molar refractivity (Wildman–Crippen MR) is 96.9 cm³/mol. The number of piperazine rings is 1. The summed E-state index contributed by atoms with van der Waals surface area (Å²) in [6.07, 6.45) is 1.62. The highest BCUT2D eigenvalue weighted by molar-refractivity contribution is 5.81. The second-order valence-electron chi connectivity index (χ2n) is 6.58. The van der Waals surface area contributed by atoms with Crippen molar-refractivity contribution in [2.24, 2.45) is 0 Å². The van der Waals surface area contributed by atoms with Gasteiger partial charge < -0.3 is 9.42 Å². The third-order valence-electron chi connectivity index (χ3n) is 4.71. The van der Waals surface area contributed by atoms with Crippen molar-refractivity contribution in [3.63, 3.8) is 0 Å². The summed E-state index contributed by atoms with van der Waals surface area (Å²) in [5.74, 6) is 1.10. The zero-order valence-electron chi connectivity index (χ0n) is 15.0. The van der Waals surface area contributed by atoms with Gasteiger partial charge in [-0.05, 0) is 6.07 Å². The maximum absolute atomic E-state index is 12.6. The van der Waals surface area contributed by atoms with Crippen molar-refractivity contribution >= 4 is 16.7 Å². The normalized spacial score (nSPS) is 15.4. The van der Waals surface area contributed by atoms with Gasteiger partial charge in [0.1, 0.15) is 6.54 Å². The van der Waals surface area contributed by atoms with Crippen LogP contribution in [0.25, 0.3) is 10.8 Å². The predicted octanol–water partition coefficient (Wildman–Crippen LogP) is 0.432. The molecule has 0 unspecified atom stereocenters. The minimum atomic E-state index is -0.243. The average molecular weight is 368 g/mol. The second-order valence-corrected chi connectivity index (χ2v) is 6.58. The molecule has 0 atom stereocenters. The van der Waals surface area contributed by atoms with Gasteiger partial charge in [-0.3, -0.25) is 14.5 Å². The maximum Gasteiger partial charge on any atom is 0.275 e. The topological polar surface area (TPSA) is 97.4 Å². The second kappa shape index (κ2) is 7.28. The summed E-state index contributed by atoms with van der Waals surface area (Å²) in [5.41, 5.74) is -0.243. The van der Waals surface area contributed by atoms with E-state index >= 15 is 0 Å². The molecule has 27 heavy (non-hydrogen) atoms. The van der Waals surface area contributed by atoms with Gasteiger partial charge in [-0.25, -0.2) is 4.68 Å². The van der Waals surface area contributed by atoms with E-state index in [-0.39, 0.29) is 18.0 Å². The van der Waals surface area contributed by atoms with Crippen LogP contribution >= 0.6 is 0 Å². The van der Waals surface area contributed by atoms with Gasteiger partial charge in [0.2, 0.25) is 11.8 Å². The van der Waals surface area contributed by atoms with Crippen LogP contribution in [-0.4, -0.2) is 61.8 Å². The summed E-state index contributed by atoms with van der Waals surface area (Å²) >= 11 is 0. The largest absolute Gasteiger partial charge is 0.340 e. The number of carbonyl (C=O) groups excluding carboxylic acids is 1. The van der Waals surface area contributed by atoms with Gasteiger partial charge in [0.25, 0.3) is 5.56 Å². The van der Waals surface area contributed by atoms with E-state index in [1.165, 1.54) is 4.68 Å². The lowest BCUT2D eigenvalue weighted by atomic mass is 10.2. The first-order chi connectivity index (χ1) is 13.1. The Bertz CT molecular complexity index is 1020. The van der Waals surface area contributed by atoms with Crippen molar-refractivity contribution in [1.29, 1.82) is 0 Å². The highest BCUT2D eigenvalue weighted by atomic mass is 16.5. The highest BCUT2D eigenvalue weighted by Crippen LogP contribution is 2.09. The summed E-state index contributed by atoms with van der Waals surface area (Å²) in [5, 5.41) is 9.38. The number of benzene rings is 1. The number of aryl methyl sites for hydroxylation is 1. The molecule has 1 saturated heterocycles. The minimum absolute atomic E-state index is 0.0479. The van der Waals surface area contributed by atoms with E-state index in [2.05, 4.69) is 20.1 Å². The molecule has 0 radical (unpaired) electrons. The number of hydrogen-bond acceptors (Lipinski definition) is 7. The fourth-order valence-electron chi connectivity index (χ4n) is 3.23. The first-order valence-electron chi connectivity index (χ1n) is 8.84. The number of amides is 1. The summed E-state index contributed by atoms with van der Waals surface area (Å²) in [6.45, 7) is 4.95. The SMILES string of the molecule is Cc1nc(CN2CCN(C(=O)Cn3ncc4ccccc4c3=O)CC2)no1. The standard InChI is InChI=1S/C18H20N6O3/c1-13-20-16(21-27-13)11-22-6-8-23(9-7-22)17(25)12-24-18(26)15-5-3-2-4-14(15)10-19-24/h2-5,10H,6-9,11-12H2,1H3. The number of carbonyl (C=O) groups is 1. The molecule has 1 aliphatic heterocycles. The number of rotatable bonds is 4. The molecule has 0 saturated carbocycles. The van der Waals surface area contributed by atoms with Gasteiger partial charge in [0.05, 0.1) is 18.1 Å². The molecule has 2 aromatic heterocycles. The van der Waals surface area contributed by atoms with Crippen LogP contribution in [0.5, 0.6) is 0 Å². The summed E-state index contributed by atoms with van der Waals surface area (Å²) in [4.78, 5) is 33.2. The molecule has 4 rings (SSSR count). The molecule has 0 N–H and O–H groups in total. The van der Waals surface area contributed by atoms with Crippen molar-refractivity contribution in [2.45, 2.75) is 20.0 Å². The zero-order chi connectivity index (χ0) is 18.8. The first kappa shape index (κ1) is 17.3. The Morgan fingerprint density at radius 3 is 2.70 bits per heavy atom. The van der Waals surface area contributed by atoms with Gasteiger partial charge in [0, 0.05) is 38.5 Å². The van der Waals surface area contributed by atoms with E-state index in [1.807, 2.05) is 12.1 Å². The van der Waals surface area contributed by atoms with Crippen LogP contribution in [0.1, 0.15) is 11.7 Å². The molecule has 3 heterocycles. The molecule has 1 aromatic carbocycles. The fourth-order valence-corrected chi connectivity index (χ4v) is 3.23. The minimum Gasteiger partial charge on any atom is -0.340 e. The summed E-state index contributed by atoms with van der Waals surface area (Å²) < 4.78 is 6.22. The van der Waals surface area contributed by atoms with Crippen LogP contribution in [-0.2, 0) is 17.9 Å². The number of aromatic nitrogens is 4. The van der Waals surface area contributed by atoms with Crippen molar-refractivity contribution in [2.75, 3.05) is 26.2 Å². The third-order valence-corrected chi connectivity index (χ3v) is 4.71. The van der Waals surface area contributed by atoms with Crippen LogP contribution < -0.4 is 5.56 Å². The Balaban J connectivity index is 1.37. The van der Waals surface area contributed by atoms with E-state index in [0.29, 0.717) is 36.7 Å². The quantitative estimate of drug-likeness (QED) is 0.659. The lowest BCUT2D eigenvalue weighted by Crippen LogP contribution is -2.49. The Morgan fingerprint density at radius 2 is 1.96 bits per heavy atom. The van der Waals surface area contributed by atoms with Gasteiger partial charge in [-0.2, -0.15) is 10.1 Å².